The highest BCUT2D eigenvalue weighted by Crippen LogP contribution is 2.19. The number of primary amides is 1. The van der Waals surface area contributed by atoms with Crippen molar-refractivity contribution in [3.63, 3.8) is 0 Å². The molecule has 2 saturated heterocycles. The molecular formula is C44H75N13O13. The Morgan fingerprint density at radius 2 is 1.21 bits per heavy atom. The van der Waals surface area contributed by atoms with E-state index in [1.807, 2.05) is 19.2 Å². The molecule has 0 saturated carbocycles. The van der Waals surface area contributed by atoms with Crippen molar-refractivity contribution in [2.45, 2.75) is 161 Å². The van der Waals surface area contributed by atoms with Crippen LogP contribution in [0.1, 0.15) is 112 Å². The van der Waals surface area contributed by atoms with Crippen LogP contribution in [0, 0.1) is 17.8 Å². The highest BCUT2D eigenvalue weighted by atomic mass is 16.4. The molecule has 0 bridgehead atoms. The van der Waals surface area contributed by atoms with Crippen LogP contribution in [0.15, 0.2) is 4.99 Å². The normalized spacial score (nSPS) is 18.0. The number of nitrogens with two attached hydrogens (primary N) is 3. The van der Waals surface area contributed by atoms with Crippen molar-refractivity contribution in [3.05, 3.63) is 0 Å². The predicted octanol–water partition coefficient (Wildman–Crippen LogP) is -3.62. The van der Waals surface area contributed by atoms with Gasteiger partial charge < -0.3 is 74.8 Å². The molecule has 0 aromatic rings. The van der Waals surface area contributed by atoms with E-state index in [0.29, 0.717) is 25.8 Å². The molecule has 9 amide bonds. The molecule has 2 heterocycles. The first kappa shape index (κ1) is 59.5. The summed E-state index contributed by atoms with van der Waals surface area (Å²) in [5.41, 5.74) is 16.1. The van der Waals surface area contributed by atoms with E-state index in [-0.39, 0.29) is 62.5 Å². The Labute approximate surface area is 407 Å². The molecule has 70 heavy (non-hydrogen) atoms. The van der Waals surface area contributed by atoms with Gasteiger partial charge in [0.2, 0.25) is 53.2 Å². The number of likely N-dealkylation sites (tertiary alicyclic amines) is 1. The van der Waals surface area contributed by atoms with Crippen molar-refractivity contribution in [2.24, 2.45) is 39.9 Å². The molecule has 0 aromatic carbocycles. The molecular weight excluding hydrogens is 919 g/mol. The lowest BCUT2D eigenvalue weighted by Crippen LogP contribution is -2.60. The second-order valence-corrected chi connectivity index (χ2v) is 18.8. The van der Waals surface area contributed by atoms with Gasteiger partial charge >= 0.3 is 11.9 Å². The number of hydrogen-bond acceptors (Lipinski definition) is 13. The van der Waals surface area contributed by atoms with Gasteiger partial charge in [0.1, 0.15) is 42.3 Å². The molecule has 8 atom stereocenters. The molecule has 394 valence electrons. The van der Waals surface area contributed by atoms with Gasteiger partial charge in [0.25, 0.3) is 0 Å². The van der Waals surface area contributed by atoms with Gasteiger partial charge in [-0.05, 0) is 82.1 Å². The van der Waals surface area contributed by atoms with Crippen molar-refractivity contribution in [1.29, 1.82) is 0 Å². The SMILES string of the molecule is CC(C)C[C@H](NC(=O)[C@H](CC(C)C)NC(=O)[C@@H]1CCCN1C(=O)CNC(=O)[C@H](CCCN=C(N)N)NC(=O)[C@@H]1CCCN1)C(=O)N[C@H](C(=O)N[C@@H](CCC(N)=O)C(=O)N[C@@H](CC(=O)O)C(=O)O)C(C)C. The third-order valence-corrected chi connectivity index (χ3v) is 11.5. The maximum atomic E-state index is 14.0. The molecule has 0 aromatic heterocycles. The molecule has 0 aliphatic carbocycles. The van der Waals surface area contributed by atoms with Crippen molar-refractivity contribution in [2.75, 3.05) is 26.2 Å². The van der Waals surface area contributed by atoms with E-state index in [1.54, 1.807) is 27.7 Å². The average molecular weight is 994 g/mol. The van der Waals surface area contributed by atoms with E-state index in [2.05, 4.69) is 42.2 Å². The zero-order chi connectivity index (χ0) is 52.8. The number of amides is 9. The fraction of sp³-hybridized carbons (Fsp3) is 0.727. The van der Waals surface area contributed by atoms with Gasteiger partial charge in [0, 0.05) is 19.5 Å². The lowest BCUT2D eigenvalue weighted by Gasteiger charge is -2.30. The summed E-state index contributed by atoms with van der Waals surface area (Å²) in [7, 11) is 0. The molecule has 2 rings (SSSR count). The van der Waals surface area contributed by atoms with Crippen LogP contribution in [0.3, 0.4) is 0 Å². The largest absolute Gasteiger partial charge is 0.481 e. The van der Waals surface area contributed by atoms with E-state index in [0.717, 1.165) is 6.42 Å². The maximum absolute atomic E-state index is 14.0. The minimum Gasteiger partial charge on any atom is -0.481 e. The maximum Gasteiger partial charge on any atom is 0.326 e. The Hall–Kier alpha value is -6.60. The number of aliphatic carboxylic acids is 2. The number of carboxylic acids is 2. The van der Waals surface area contributed by atoms with Crippen molar-refractivity contribution in [3.8, 4) is 0 Å². The van der Waals surface area contributed by atoms with Crippen LogP contribution in [0.4, 0.5) is 0 Å². The van der Waals surface area contributed by atoms with Gasteiger partial charge in [-0.1, -0.05) is 41.5 Å². The number of nitrogens with zero attached hydrogens (tertiary/aromatic N) is 2. The van der Waals surface area contributed by atoms with E-state index in [9.17, 15) is 57.8 Å². The standard InChI is InChI=1S/C44H75N13O13/c1-22(2)18-28(54-41(67)31-12-9-17-57(31)33(59)21-50-36(62)26(11-8-16-49-44(46)47)51-37(63)25-10-7-15-48-25)39(65)53-29(19-23(3)4)40(66)56-35(24(5)6)42(68)52-27(13-14-32(45)58)38(64)55-30(43(69)70)20-34(60)61/h22-31,35,48H,7-21H2,1-6H3,(H2,45,58)(H,50,62)(H,51,63)(H,52,68)(H,53,65)(H,54,67)(H,55,64)(H,56,66)(H,60,61)(H,69,70)(H4,46,47,49)/t25-,26-,27-,28-,29-,30-,31-,35-/m0/s1. The molecule has 2 fully saturated rings. The summed E-state index contributed by atoms with van der Waals surface area (Å²) in [6.45, 7) is 10.9. The van der Waals surface area contributed by atoms with Crippen molar-refractivity contribution in [1.82, 2.24) is 47.4 Å². The summed E-state index contributed by atoms with van der Waals surface area (Å²) in [5, 5.41) is 39.4. The second kappa shape index (κ2) is 29.4. The Balaban J connectivity index is 2.22. The molecule has 16 N–H and O–H groups in total. The monoisotopic (exact) mass is 994 g/mol. The smallest absolute Gasteiger partial charge is 0.326 e. The first-order chi connectivity index (χ1) is 32.8. The molecule has 0 unspecified atom stereocenters. The highest BCUT2D eigenvalue weighted by molar-refractivity contribution is 5.98. The minimum atomic E-state index is -1.87. The third kappa shape index (κ3) is 21.0. The number of nitrogens with one attached hydrogen (secondary N) is 8. The number of carbonyl (C=O) groups excluding carboxylic acids is 9. The molecule has 26 heteroatoms. The first-order valence-corrected chi connectivity index (χ1v) is 23.7. The van der Waals surface area contributed by atoms with Crippen LogP contribution in [0.5, 0.6) is 0 Å². The Kier molecular flexibility index (Phi) is 25.0. The fourth-order valence-corrected chi connectivity index (χ4v) is 7.88. The first-order valence-electron chi connectivity index (χ1n) is 23.7. The number of carbonyl (C=O) groups is 11. The van der Waals surface area contributed by atoms with Crippen LogP contribution < -0.4 is 59.7 Å². The topological polar surface area (TPSA) is 418 Å². The summed E-state index contributed by atoms with van der Waals surface area (Å²) in [5.74, 6) is -10.9. The van der Waals surface area contributed by atoms with E-state index >= 15 is 0 Å². The van der Waals surface area contributed by atoms with Gasteiger partial charge in [-0.3, -0.25) is 52.9 Å². The second-order valence-electron chi connectivity index (χ2n) is 18.8. The number of guanidine groups is 1. The quantitative estimate of drug-likeness (QED) is 0.0188. The molecule has 2 aliphatic rings. The van der Waals surface area contributed by atoms with E-state index in [1.165, 1.54) is 4.90 Å². The van der Waals surface area contributed by atoms with Crippen LogP contribution in [-0.4, -0.2) is 161 Å². The summed E-state index contributed by atoms with van der Waals surface area (Å²) < 4.78 is 0. The van der Waals surface area contributed by atoms with Gasteiger partial charge in [-0.15, -0.1) is 0 Å². The van der Waals surface area contributed by atoms with Crippen LogP contribution in [0.2, 0.25) is 0 Å². The van der Waals surface area contributed by atoms with Gasteiger partial charge in [-0.25, -0.2) is 4.79 Å². The summed E-state index contributed by atoms with van der Waals surface area (Å²) >= 11 is 0. The number of aliphatic imine (C=N–C) groups is 1. The Bertz CT molecular complexity index is 1900. The molecule has 0 radical (unpaired) electrons. The number of carboxylic acid groups (broad SMARTS) is 2. The average Bonchev–Trinajstić information content (AvgIpc) is 3.99. The predicted molar refractivity (Wildman–Crippen MR) is 252 cm³/mol. The lowest BCUT2D eigenvalue weighted by molar-refractivity contribution is -0.147. The molecule has 2 aliphatic heterocycles. The van der Waals surface area contributed by atoms with E-state index in [4.69, 9.17) is 22.3 Å². The van der Waals surface area contributed by atoms with Crippen LogP contribution in [-0.2, 0) is 52.7 Å². The Morgan fingerprint density at radius 1 is 0.657 bits per heavy atom. The van der Waals surface area contributed by atoms with Crippen molar-refractivity contribution < 1.29 is 63.0 Å². The van der Waals surface area contributed by atoms with Gasteiger partial charge in [-0.2, -0.15) is 0 Å². The van der Waals surface area contributed by atoms with Gasteiger partial charge in [0.05, 0.1) is 19.0 Å². The lowest BCUT2D eigenvalue weighted by atomic mass is 9.98. The minimum absolute atomic E-state index is 0.0745. The Morgan fingerprint density at radius 3 is 1.76 bits per heavy atom. The highest BCUT2D eigenvalue weighted by Gasteiger charge is 2.38. The summed E-state index contributed by atoms with van der Waals surface area (Å²) in [4.78, 5) is 148. The van der Waals surface area contributed by atoms with Crippen LogP contribution in [0.25, 0.3) is 0 Å². The summed E-state index contributed by atoms with van der Waals surface area (Å²) in [6, 6.07) is -9.70. The third-order valence-electron chi connectivity index (χ3n) is 11.5. The number of hydrogen-bond donors (Lipinski definition) is 13. The van der Waals surface area contributed by atoms with E-state index < -0.39 is 139 Å². The molecule has 26 nitrogen and oxygen atoms in total. The zero-order valence-electron chi connectivity index (χ0n) is 41.0. The van der Waals surface area contributed by atoms with Gasteiger partial charge in [0.15, 0.2) is 5.96 Å². The zero-order valence-corrected chi connectivity index (χ0v) is 41.0. The summed E-state index contributed by atoms with van der Waals surface area (Å²) in [6.07, 6.45) is 1.02. The van der Waals surface area contributed by atoms with Crippen LogP contribution >= 0.6 is 0 Å². The van der Waals surface area contributed by atoms with Crippen molar-refractivity contribution >= 4 is 71.1 Å². The molecule has 0 spiro atoms. The fourth-order valence-electron chi connectivity index (χ4n) is 7.88. The number of rotatable bonds is 30.